The van der Waals surface area contributed by atoms with Crippen molar-refractivity contribution < 1.29 is 9.53 Å². The van der Waals surface area contributed by atoms with Crippen molar-refractivity contribution >= 4 is 28.6 Å². The number of nitrogens with zero attached hydrogens (tertiary/aromatic N) is 1. The van der Waals surface area contributed by atoms with Crippen LogP contribution in [0.1, 0.15) is 36.9 Å². The predicted octanol–water partition coefficient (Wildman–Crippen LogP) is 3.50. The third-order valence-electron chi connectivity index (χ3n) is 5.02. The van der Waals surface area contributed by atoms with Gasteiger partial charge in [-0.05, 0) is 50.2 Å². The molecular weight excluding hydrogens is 332 g/mol. The van der Waals surface area contributed by atoms with Crippen molar-refractivity contribution in [2.75, 3.05) is 18.9 Å². The summed E-state index contributed by atoms with van der Waals surface area (Å²) >= 11 is 1.66. The summed E-state index contributed by atoms with van der Waals surface area (Å²) in [6, 6.07) is 8.30. The second-order valence-electron chi connectivity index (χ2n) is 6.82. The van der Waals surface area contributed by atoms with Gasteiger partial charge in [0.1, 0.15) is 0 Å². The van der Waals surface area contributed by atoms with Crippen LogP contribution in [0.3, 0.4) is 0 Å². The lowest BCUT2D eigenvalue weighted by Crippen LogP contribution is -2.32. The molecule has 0 spiro atoms. The Kier molecular flexibility index (Phi) is 5.22. The maximum atomic E-state index is 12.3. The number of ether oxygens (including phenoxy) is 1. The average Bonchev–Trinajstić information content (AvgIpc) is 3.17. The number of aryl methyl sites for hydroxylation is 1. The van der Waals surface area contributed by atoms with Crippen LogP contribution in [-0.2, 0) is 22.4 Å². The molecule has 2 aliphatic rings. The fourth-order valence-electron chi connectivity index (χ4n) is 3.72. The Morgan fingerprint density at radius 2 is 2.12 bits per heavy atom. The first-order valence-corrected chi connectivity index (χ1v) is 10.2. The summed E-state index contributed by atoms with van der Waals surface area (Å²) in [4.78, 5) is 18.4. The lowest BCUT2D eigenvalue weighted by molar-refractivity contribution is -0.119. The van der Waals surface area contributed by atoms with E-state index in [1.807, 2.05) is 6.07 Å². The predicted molar refractivity (Wildman–Crippen MR) is 101 cm³/mol. The molecular formula is C20H24N2O2S. The van der Waals surface area contributed by atoms with Gasteiger partial charge >= 0.3 is 0 Å². The van der Waals surface area contributed by atoms with E-state index in [9.17, 15) is 4.79 Å². The lowest BCUT2D eigenvalue weighted by atomic mass is 9.94. The summed E-state index contributed by atoms with van der Waals surface area (Å²) in [6.45, 7) is 1.46. The molecule has 1 saturated heterocycles. The molecule has 1 aliphatic heterocycles. The van der Waals surface area contributed by atoms with Gasteiger partial charge in [0.2, 0.25) is 5.91 Å². The minimum atomic E-state index is 0.0888. The van der Waals surface area contributed by atoms with E-state index in [0.717, 1.165) is 37.8 Å². The van der Waals surface area contributed by atoms with E-state index in [-0.39, 0.29) is 12.0 Å². The Balaban J connectivity index is 1.49. The third kappa shape index (κ3) is 3.82. The van der Waals surface area contributed by atoms with E-state index in [2.05, 4.69) is 23.5 Å². The average molecular weight is 356 g/mol. The molecule has 132 valence electrons. The molecule has 2 heterocycles. The number of benzene rings is 1. The fraction of sp³-hybridized carbons (Fsp3) is 0.500. The zero-order chi connectivity index (χ0) is 17.1. The number of rotatable bonds is 5. The molecule has 1 atom stereocenters. The number of carbonyl (C=O) groups excluding carboxylic acids is 1. The van der Waals surface area contributed by atoms with E-state index >= 15 is 0 Å². The van der Waals surface area contributed by atoms with Crippen molar-refractivity contribution in [3.8, 4) is 0 Å². The number of aromatic nitrogens is 1. The van der Waals surface area contributed by atoms with Gasteiger partial charge in [-0.3, -0.25) is 9.78 Å². The quantitative estimate of drug-likeness (QED) is 0.833. The first kappa shape index (κ1) is 16.9. The summed E-state index contributed by atoms with van der Waals surface area (Å²) in [7, 11) is 0. The lowest BCUT2D eigenvalue weighted by Gasteiger charge is -2.20. The van der Waals surface area contributed by atoms with Crippen LogP contribution >= 0.6 is 11.8 Å². The molecule has 1 fully saturated rings. The summed E-state index contributed by atoms with van der Waals surface area (Å²) in [5.41, 5.74) is 3.64. The van der Waals surface area contributed by atoms with Crippen LogP contribution in [0, 0.1) is 0 Å². The topological polar surface area (TPSA) is 51.2 Å². The number of nitrogens with one attached hydrogen (secondary N) is 1. The van der Waals surface area contributed by atoms with Crippen molar-refractivity contribution in [1.82, 2.24) is 10.3 Å². The Hall–Kier alpha value is -1.59. The van der Waals surface area contributed by atoms with Crippen LogP contribution in [0.15, 0.2) is 29.2 Å². The van der Waals surface area contributed by atoms with Crippen LogP contribution in [0.4, 0.5) is 0 Å². The molecule has 1 N–H and O–H groups in total. The van der Waals surface area contributed by atoms with E-state index in [0.29, 0.717) is 12.3 Å². The number of hydrogen-bond acceptors (Lipinski definition) is 4. The van der Waals surface area contributed by atoms with Crippen molar-refractivity contribution in [3.05, 3.63) is 35.5 Å². The number of para-hydroxylation sites is 1. The molecule has 1 unspecified atom stereocenters. The number of amides is 1. The van der Waals surface area contributed by atoms with Gasteiger partial charge < -0.3 is 10.1 Å². The monoisotopic (exact) mass is 356 g/mol. The molecule has 5 heteroatoms. The Morgan fingerprint density at radius 3 is 3.00 bits per heavy atom. The van der Waals surface area contributed by atoms with Crippen LogP contribution in [0.5, 0.6) is 0 Å². The zero-order valence-electron chi connectivity index (χ0n) is 14.4. The highest BCUT2D eigenvalue weighted by Crippen LogP contribution is 2.35. The van der Waals surface area contributed by atoms with Gasteiger partial charge in [-0.2, -0.15) is 0 Å². The highest BCUT2D eigenvalue weighted by atomic mass is 32.2. The zero-order valence-corrected chi connectivity index (χ0v) is 15.2. The molecule has 1 aromatic heterocycles. The van der Waals surface area contributed by atoms with E-state index in [1.165, 1.54) is 34.4 Å². The molecule has 4 rings (SSSR count). The third-order valence-corrected chi connectivity index (χ3v) is 6.18. The molecule has 4 nitrogen and oxygen atoms in total. The maximum Gasteiger partial charge on any atom is 0.230 e. The molecule has 2 aromatic rings. The van der Waals surface area contributed by atoms with Crippen LogP contribution in [-0.4, -0.2) is 35.9 Å². The van der Waals surface area contributed by atoms with Crippen molar-refractivity contribution in [2.24, 2.45) is 0 Å². The number of pyridine rings is 1. The first-order valence-electron chi connectivity index (χ1n) is 9.23. The van der Waals surface area contributed by atoms with Gasteiger partial charge in [-0.25, -0.2) is 0 Å². The first-order chi connectivity index (χ1) is 12.3. The van der Waals surface area contributed by atoms with Gasteiger partial charge in [0.25, 0.3) is 0 Å². The summed E-state index contributed by atoms with van der Waals surface area (Å²) in [5.74, 6) is 0.540. The molecule has 1 amide bonds. The van der Waals surface area contributed by atoms with Gasteiger partial charge in [0, 0.05) is 29.1 Å². The summed E-state index contributed by atoms with van der Waals surface area (Å²) < 4.78 is 5.57. The number of carbonyl (C=O) groups is 1. The van der Waals surface area contributed by atoms with E-state index < -0.39 is 0 Å². The highest BCUT2D eigenvalue weighted by molar-refractivity contribution is 8.00. The summed E-state index contributed by atoms with van der Waals surface area (Å²) in [6.07, 6.45) is 6.91. The number of thioether (sulfide) groups is 1. The molecule has 1 aliphatic carbocycles. The molecule has 1 aromatic carbocycles. The van der Waals surface area contributed by atoms with Gasteiger partial charge in [0.15, 0.2) is 0 Å². The molecule has 25 heavy (non-hydrogen) atoms. The number of fused-ring (bicyclic) bond motifs is 2. The van der Waals surface area contributed by atoms with Crippen molar-refractivity contribution in [1.29, 1.82) is 0 Å². The van der Waals surface area contributed by atoms with Crippen molar-refractivity contribution in [2.45, 2.75) is 49.5 Å². The standard InChI is InChI=1S/C20H24N2O2S/c23-19(21-12-14-6-5-11-24-14)13-25-20-15-7-1-3-9-17(15)22-18-10-4-2-8-16(18)20/h1,3,7,9,14H,2,4-6,8,10-13H2,(H,21,23). The Labute approximate surface area is 152 Å². The van der Waals surface area contributed by atoms with Crippen LogP contribution in [0.2, 0.25) is 0 Å². The van der Waals surface area contributed by atoms with Crippen molar-refractivity contribution in [3.63, 3.8) is 0 Å². The molecule has 0 saturated carbocycles. The SMILES string of the molecule is O=C(CSc1c2c(nc3ccccc13)CCCC2)NCC1CCCO1. The highest BCUT2D eigenvalue weighted by Gasteiger charge is 2.20. The smallest absolute Gasteiger partial charge is 0.230 e. The number of hydrogen-bond donors (Lipinski definition) is 1. The maximum absolute atomic E-state index is 12.3. The minimum absolute atomic E-state index is 0.0888. The minimum Gasteiger partial charge on any atom is -0.376 e. The van der Waals surface area contributed by atoms with Crippen LogP contribution in [0.25, 0.3) is 10.9 Å². The van der Waals surface area contributed by atoms with Crippen LogP contribution < -0.4 is 5.32 Å². The second-order valence-corrected chi connectivity index (χ2v) is 7.80. The van der Waals surface area contributed by atoms with E-state index in [4.69, 9.17) is 9.72 Å². The van der Waals surface area contributed by atoms with Gasteiger partial charge in [-0.15, -0.1) is 11.8 Å². The Bertz CT molecular complexity index is 772. The molecule has 0 radical (unpaired) electrons. The second kappa shape index (κ2) is 7.75. The Morgan fingerprint density at radius 1 is 1.24 bits per heavy atom. The summed E-state index contributed by atoms with van der Waals surface area (Å²) in [5, 5.41) is 4.20. The van der Waals surface area contributed by atoms with E-state index in [1.54, 1.807) is 11.8 Å². The fourth-order valence-corrected chi connectivity index (χ4v) is 4.81. The normalized spacial score (nSPS) is 19.8. The van der Waals surface area contributed by atoms with Gasteiger partial charge in [-0.1, -0.05) is 18.2 Å². The largest absolute Gasteiger partial charge is 0.376 e. The molecule has 0 bridgehead atoms. The van der Waals surface area contributed by atoms with Gasteiger partial charge in [0.05, 0.1) is 17.4 Å².